The standard InChI is InChI=1S/C27H31N5O8/c28-18(11-16-13-29-19-9-5-4-8-17(16)19)24(36)32-22(14-33)26(38)30-20(10-15-6-2-1-3-7-15)25(37)31-21(27(39)40)12-23(34)35/h1-9,13,18,20-22,29,33H,10-12,14,28H2,(H,30,38)(H,31,37)(H,32,36)(H,34,35)(H,39,40). The maximum atomic E-state index is 13.0. The van der Waals surface area contributed by atoms with Gasteiger partial charge in [-0.2, -0.15) is 0 Å². The number of nitrogens with one attached hydrogen (secondary N) is 4. The van der Waals surface area contributed by atoms with E-state index in [4.69, 9.17) is 10.8 Å². The molecule has 0 fully saturated rings. The molecule has 40 heavy (non-hydrogen) atoms. The van der Waals surface area contributed by atoms with Crippen LogP contribution in [0.15, 0.2) is 60.8 Å². The van der Waals surface area contributed by atoms with Crippen molar-refractivity contribution >= 4 is 40.6 Å². The third kappa shape index (κ3) is 8.12. The number of nitrogens with two attached hydrogens (primary N) is 1. The number of para-hydroxylation sites is 1. The normalized spacial score (nSPS) is 13.9. The second-order valence-electron chi connectivity index (χ2n) is 9.16. The van der Waals surface area contributed by atoms with Crippen molar-refractivity contribution in [2.75, 3.05) is 6.61 Å². The Labute approximate surface area is 228 Å². The molecule has 13 nitrogen and oxygen atoms in total. The number of carboxylic acids is 2. The number of amides is 3. The Morgan fingerprint density at radius 2 is 1.38 bits per heavy atom. The number of carboxylic acid groups (broad SMARTS) is 2. The number of aliphatic carboxylic acids is 2. The number of H-pyrrole nitrogens is 1. The topological polar surface area (TPSA) is 224 Å². The van der Waals surface area contributed by atoms with Gasteiger partial charge >= 0.3 is 11.9 Å². The summed E-state index contributed by atoms with van der Waals surface area (Å²) in [6, 6.07) is 10.3. The van der Waals surface area contributed by atoms with Gasteiger partial charge in [-0.05, 0) is 23.6 Å². The molecule has 3 aromatic rings. The molecule has 0 spiro atoms. The Balaban J connectivity index is 1.69. The van der Waals surface area contributed by atoms with E-state index in [9.17, 15) is 34.2 Å². The number of benzene rings is 2. The van der Waals surface area contributed by atoms with Crippen LogP contribution in [0.5, 0.6) is 0 Å². The fraction of sp³-hybridized carbons (Fsp3) is 0.296. The molecule has 0 radical (unpaired) electrons. The Morgan fingerprint density at radius 1 is 0.775 bits per heavy atom. The molecule has 0 saturated heterocycles. The van der Waals surface area contributed by atoms with E-state index >= 15 is 0 Å². The summed E-state index contributed by atoms with van der Waals surface area (Å²) in [4.78, 5) is 64.3. The molecule has 0 bridgehead atoms. The smallest absolute Gasteiger partial charge is 0.326 e. The quantitative estimate of drug-likeness (QED) is 0.126. The number of rotatable bonds is 14. The largest absolute Gasteiger partial charge is 0.481 e. The van der Waals surface area contributed by atoms with Crippen molar-refractivity contribution in [2.45, 2.75) is 43.4 Å². The number of fused-ring (bicyclic) bond motifs is 1. The van der Waals surface area contributed by atoms with Crippen molar-refractivity contribution in [2.24, 2.45) is 5.73 Å². The van der Waals surface area contributed by atoms with Crippen molar-refractivity contribution in [3.05, 3.63) is 71.9 Å². The molecule has 2 aromatic carbocycles. The summed E-state index contributed by atoms with van der Waals surface area (Å²) in [5.41, 5.74) is 8.34. The Hall–Kier alpha value is -4.75. The lowest BCUT2D eigenvalue weighted by Crippen LogP contribution is -2.58. The van der Waals surface area contributed by atoms with Crippen LogP contribution in [0, 0.1) is 0 Å². The zero-order valence-electron chi connectivity index (χ0n) is 21.4. The van der Waals surface area contributed by atoms with Crippen molar-refractivity contribution < 1.29 is 39.3 Å². The fourth-order valence-electron chi connectivity index (χ4n) is 4.08. The monoisotopic (exact) mass is 553 g/mol. The van der Waals surface area contributed by atoms with E-state index in [1.165, 1.54) is 0 Å². The molecule has 0 aliphatic carbocycles. The maximum absolute atomic E-state index is 13.0. The molecule has 9 N–H and O–H groups in total. The van der Waals surface area contributed by atoms with Crippen LogP contribution in [0.2, 0.25) is 0 Å². The van der Waals surface area contributed by atoms with Gasteiger partial charge in [-0.1, -0.05) is 48.5 Å². The van der Waals surface area contributed by atoms with Gasteiger partial charge < -0.3 is 42.0 Å². The predicted octanol–water partition coefficient (Wildman–Crippen LogP) is -0.714. The molecule has 3 amide bonds. The minimum absolute atomic E-state index is 0.0794. The van der Waals surface area contributed by atoms with Crippen molar-refractivity contribution in [3.63, 3.8) is 0 Å². The number of carbonyl (C=O) groups excluding carboxylic acids is 3. The first-order valence-corrected chi connectivity index (χ1v) is 12.4. The highest BCUT2D eigenvalue weighted by Gasteiger charge is 2.31. The summed E-state index contributed by atoms with van der Waals surface area (Å²) in [5, 5.41) is 35.9. The van der Waals surface area contributed by atoms with E-state index in [2.05, 4.69) is 20.9 Å². The van der Waals surface area contributed by atoms with E-state index in [1.807, 2.05) is 24.3 Å². The van der Waals surface area contributed by atoms with Gasteiger partial charge in [0.05, 0.1) is 19.1 Å². The fourth-order valence-corrected chi connectivity index (χ4v) is 4.08. The lowest BCUT2D eigenvalue weighted by molar-refractivity contribution is -0.147. The summed E-state index contributed by atoms with van der Waals surface area (Å²) in [6.45, 7) is -0.812. The molecule has 3 rings (SSSR count). The summed E-state index contributed by atoms with van der Waals surface area (Å²) in [5.74, 6) is -5.59. The highest BCUT2D eigenvalue weighted by atomic mass is 16.4. The lowest BCUT2D eigenvalue weighted by Gasteiger charge is -2.24. The van der Waals surface area contributed by atoms with E-state index in [1.54, 1.807) is 36.5 Å². The average Bonchev–Trinajstić information content (AvgIpc) is 3.33. The van der Waals surface area contributed by atoms with Gasteiger partial charge in [-0.3, -0.25) is 19.2 Å². The van der Waals surface area contributed by atoms with Crippen LogP contribution < -0.4 is 21.7 Å². The molecule has 212 valence electrons. The number of hydrogen-bond donors (Lipinski definition) is 8. The number of aliphatic hydroxyl groups excluding tert-OH is 1. The van der Waals surface area contributed by atoms with E-state index in [-0.39, 0.29) is 12.8 Å². The molecule has 0 aliphatic heterocycles. The first-order valence-electron chi connectivity index (χ1n) is 12.4. The first kappa shape index (κ1) is 29.8. The minimum atomic E-state index is -1.74. The van der Waals surface area contributed by atoms with Gasteiger partial charge in [0.2, 0.25) is 17.7 Å². The zero-order chi connectivity index (χ0) is 29.2. The summed E-state index contributed by atoms with van der Waals surface area (Å²) in [7, 11) is 0. The van der Waals surface area contributed by atoms with Crippen molar-refractivity contribution in [1.82, 2.24) is 20.9 Å². The van der Waals surface area contributed by atoms with E-state index in [0.717, 1.165) is 16.5 Å². The molecule has 1 heterocycles. The second-order valence-corrected chi connectivity index (χ2v) is 9.16. The number of hydrogen-bond acceptors (Lipinski definition) is 7. The molecule has 0 aliphatic rings. The van der Waals surface area contributed by atoms with Gasteiger partial charge in [0, 0.05) is 23.5 Å². The average molecular weight is 554 g/mol. The molecule has 4 atom stereocenters. The molecular weight excluding hydrogens is 522 g/mol. The van der Waals surface area contributed by atoms with E-state index < -0.39 is 66.9 Å². The number of carbonyl (C=O) groups is 5. The molecule has 13 heteroatoms. The van der Waals surface area contributed by atoms with Gasteiger partial charge in [-0.25, -0.2) is 4.79 Å². The van der Waals surface area contributed by atoms with Crippen LogP contribution in [0.1, 0.15) is 17.5 Å². The van der Waals surface area contributed by atoms with Crippen LogP contribution in [0.3, 0.4) is 0 Å². The van der Waals surface area contributed by atoms with Crippen LogP contribution >= 0.6 is 0 Å². The van der Waals surface area contributed by atoms with Crippen molar-refractivity contribution in [1.29, 1.82) is 0 Å². The number of aromatic nitrogens is 1. The highest BCUT2D eigenvalue weighted by Crippen LogP contribution is 2.18. The van der Waals surface area contributed by atoms with Gasteiger partial charge in [0.25, 0.3) is 0 Å². The summed E-state index contributed by atoms with van der Waals surface area (Å²) < 4.78 is 0. The third-order valence-corrected chi connectivity index (χ3v) is 6.18. The van der Waals surface area contributed by atoms with Crippen molar-refractivity contribution in [3.8, 4) is 0 Å². The maximum Gasteiger partial charge on any atom is 0.326 e. The minimum Gasteiger partial charge on any atom is -0.481 e. The molecule has 4 unspecified atom stereocenters. The molecule has 1 aromatic heterocycles. The zero-order valence-corrected chi connectivity index (χ0v) is 21.4. The SMILES string of the molecule is NC(Cc1c[nH]c2ccccc12)C(=O)NC(CO)C(=O)NC(Cc1ccccc1)C(=O)NC(CC(=O)O)C(=O)O. The van der Waals surface area contributed by atoms with E-state index in [0.29, 0.717) is 5.56 Å². The van der Waals surface area contributed by atoms with Gasteiger partial charge in [0.15, 0.2) is 0 Å². The Kier molecular flexibility index (Phi) is 10.3. The van der Waals surface area contributed by atoms with Gasteiger partial charge in [0.1, 0.15) is 18.1 Å². The van der Waals surface area contributed by atoms with Crippen LogP contribution in [0.25, 0.3) is 10.9 Å². The highest BCUT2D eigenvalue weighted by molar-refractivity contribution is 5.95. The third-order valence-electron chi connectivity index (χ3n) is 6.18. The first-order chi connectivity index (χ1) is 19.1. The molecular formula is C27H31N5O8. The molecule has 0 saturated carbocycles. The Bertz CT molecular complexity index is 1360. The summed E-state index contributed by atoms with van der Waals surface area (Å²) in [6.07, 6.45) is 0.922. The second kappa shape index (κ2) is 13.9. The number of aromatic amines is 1. The van der Waals surface area contributed by atoms with Crippen LogP contribution in [0.4, 0.5) is 0 Å². The van der Waals surface area contributed by atoms with Crippen LogP contribution in [-0.2, 0) is 36.8 Å². The Morgan fingerprint density at radius 3 is 2.02 bits per heavy atom. The summed E-state index contributed by atoms with van der Waals surface area (Å²) >= 11 is 0. The number of aliphatic hydroxyl groups is 1. The predicted molar refractivity (Wildman–Crippen MR) is 143 cm³/mol. The lowest BCUT2D eigenvalue weighted by atomic mass is 10.0. The van der Waals surface area contributed by atoms with Gasteiger partial charge in [-0.15, -0.1) is 0 Å². The van der Waals surface area contributed by atoms with Crippen LogP contribution in [-0.4, -0.2) is 80.7 Å².